The van der Waals surface area contributed by atoms with Crippen LogP contribution in [0.5, 0.6) is 0 Å². The van der Waals surface area contributed by atoms with Crippen molar-refractivity contribution in [3.05, 3.63) is 71.8 Å². The zero-order valence-electron chi connectivity index (χ0n) is 19.2. The SMILES string of the molecule is CN(CCN1CCOCC1)CC(=O)N1CCN(C(c2ccccc2)c2ccccc2)CC1. The fourth-order valence-electron chi connectivity index (χ4n) is 4.66. The van der Waals surface area contributed by atoms with Gasteiger partial charge in [0.1, 0.15) is 0 Å². The number of carbonyl (C=O) groups excluding carboxylic acids is 1. The lowest BCUT2D eigenvalue weighted by molar-refractivity contribution is -0.134. The molecule has 0 spiro atoms. The zero-order valence-corrected chi connectivity index (χ0v) is 19.2. The minimum absolute atomic E-state index is 0.228. The molecule has 2 aliphatic rings. The van der Waals surface area contributed by atoms with Gasteiger partial charge in [-0.2, -0.15) is 0 Å². The molecule has 2 aromatic rings. The third-order valence-electron chi connectivity index (χ3n) is 6.57. The Bertz CT molecular complexity index is 779. The second-order valence-electron chi connectivity index (χ2n) is 8.83. The Morgan fingerprint density at radius 2 is 1.44 bits per heavy atom. The summed E-state index contributed by atoms with van der Waals surface area (Å²) in [7, 11) is 2.05. The standard InChI is InChI=1S/C26H36N4O2/c1-27(12-13-28-18-20-32-21-19-28)22-25(31)29-14-16-30(17-15-29)26(23-8-4-2-5-9-23)24-10-6-3-7-11-24/h2-11,26H,12-22H2,1H3. The topological polar surface area (TPSA) is 39.3 Å². The predicted octanol–water partition coefficient (Wildman–Crippen LogP) is 2.18. The van der Waals surface area contributed by atoms with Gasteiger partial charge in [-0.15, -0.1) is 0 Å². The van der Waals surface area contributed by atoms with Crippen molar-refractivity contribution in [3.8, 4) is 0 Å². The number of carbonyl (C=O) groups is 1. The van der Waals surface area contributed by atoms with Crippen LogP contribution in [0.15, 0.2) is 60.7 Å². The summed E-state index contributed by atoms with van der Waals surface area (Å²) < 4.78 is 5.41. The maximum atomic E-state index is 12.9. The van der Waals surface area contributed by atoms with Crippen LogP contribution in [-0.2, 0) is 9.53 Å². The molecule has 172 valence electrons. The summed E-state index contributed by atoms with van der Waals surface area (Å²) in [4.78, 5) is 22.0. The second kappa shape index (κ2) is 11.6. The van der Waals surface area contributed by atoms with Crippen molar-refractivity contribution in [3.63, 3.8) is 0 Å². The van der Waals surface area contributed by atoms with E-state index < -0.39 is 0 Å². The highest BCUT2D eigenvalue weighted by molar-refractivity contribution is 5.78. The Hall–Kier alpha value is -2.25. The van der Waals surface area contributed by atoms with Crippen molar-refractivity contribution >= 4 is 5.91 Å². The van der Waals surface area contributed by atoms with Crippen LogP contribution < -0.4 is 0 Å². The molecule has 0 aliphatic carbocycles. The van der Waals surface area contributed by atoms with Crippen LogP contribution in [0.3, 0.4) is 0 Å². The molecule has 6 heteroatoms. The van der Waals surface area contributed by atoms with Crippen LogP contribution in [-0.4, -0.2) is 105 Å². The van der Waals surface area contributed by atoms with Gasteiger partial charge >= 0.3 is 0 Å². The lowest BCUT2D eigenvalue weighted by atomic mass is 9.96. The lowest BCUT2D eigenvalue weighted by Gasteiger charge is -2.40. The maximum Gasteiger partial charge on any atom is 0.236 e. The fourth-order valence-corrected chi connectivity index (χ4v) is 4.66. The monoisotopic (exact) mass is 436 g/mol. The molecule has 2 fully saturated rings. The van der Waals surface area contributed by atoms with Gasteiger partial charge < -0.3 is 9.64 Å². The van der Waals surface area contributed by atoms with Crippen molar-refractivity contribution in [2.75, 3.05) is 79.2 Å². The molecule has 0 radical (unpaired) electrons. The number of piperazine rings is 1. The highest BCUT2D eigenvalue weighted by Crippen LogP contribution is 2.29. The van der Waals surface area contributed by atoms with E-state index in [0.717, 1.165) is 65.6 Å². The van der Waals surface area contributed by atoms with E-state index in [-0.39, 0.29) is 11.9 Å². The molecular formula is C26H36N4O2. The van der Waals surface area contributed by atoms with Crippen LogP contribution >= 0.6 is 0 Å². The van der Waals surface area contributed by atoms with Gasteiger partial charge in [-0.3, -0.25) is 19.5 Å². The van der Waals surface area contributed by atoms with E-state index in [0.29, 0.717) is 6.54 Å². The van der Waals surface area contributed by atoms with Crippen LogP contribution in [0.25, 0.3) is 0 Å². The molecule has 2 aliphatic heterocycles. The molecule has 1 amide bonds. The Balaban J connectivity index is 1.29. The molecule has 4 rings (SSSR count). The van der Waals surface area contributed by atoms with Gasteiger partial charge in [-0.05, 0) is 18.2 Å². The number of benzene rings is 2. The average Bonchev–Trinajstić information content (AvgIpc) is 2.85. The summed E-state index contributed by atoms with van der Waals surface area (Å²) >= 11 is 0. The van der Waals surface area contributed by atoms with E-state index in [9.17, 15) is 4.79 Å². The minimum Gasteiger partial charge on any atom is -0.379 e. The summed E-state index contributed by atoms with van der Waals surface area (Å²) in [6, 6.07) is 21.6. The molecule has 2 heterocycles. The highest BCUT2D eigenvalue weighted by atomic mass is 16.5. The van der Waals surface area contributed by atoms with E-state index in [1.54, 1.807) is 0 Å². The first-order chi connectivity index (χ1) is 15.7. The number of hydrogen-bond donors (Lipinski definition) is 0. The highest BCUT2D eigenvalue weighted by Gasteiger charge is 2.28. The van der Waals surface area contributed by atoms with Crippen molar-refractivity contribution in [1.29, 1.82) is 0 Å². The van der Waals surface area contributed by atoms with Gasteiger partial charge in [0.15, 0.2) is 0 Å². The van der Waals surface area contributed by atoms with Crippen LogP contribution in [0.1, 0.15) is 17.2 Å². The van der Waals surface area contributed by atoms with Gasteiger partial charge in [0.05, 0.1) is 25.8 Å². The molecule has 0 N–H and O–H groups in total. The first kappa shape index (κ1) is 22.9. The maximum absolute atomic E-state index is 12.9. The first-order valence-electron chi connectivity index (χ1n) is 11.8. The van der Waals surface area contributed by atoms with E-state index >= 15 is 0 Å². The van der Waals surface area contributed by atoms with Crippen LogP contribution in [0.2, 0.25) is 0 Å². The number of morpholine rings is 1. The molecule has 0 bridgehead atoms. The molecular weight excluding hydrogens is 400 g/mol. The summed E-state index contributed by atoms with van der Waals surface area (Å²) in [5.41, 5.74) is 2.61. The fraction of sp³-hybridized carbons (Fsp3) is 0.500. The number of amides is 1. The minimum atomic E-state index is 0.228. The van der Waals surface area contributed by atoms with Gasteiger partial charge in [-0.25, -0.2) is 0 Å². The molecule has 0 atom stereocenters. The third kappa shape index (κ3) is 6.17. The van der Waals surface area contributed by atoms with E-state index in [2.05, 4.69) is 82.4 Å². The lowest BCUT2D eigenvalue weighted by Crippen LogP contribution is -2.52. The average molecular weight is 437 g/mol. The van der Waals surface area contributed by atoms with E-state index in [1.165, 1.54) is 11.1 Å². The van der Waals surface area contributed by atoms with Crippen molar-refractivity contribution in [2.24, 2.45) is 0 Å². The molecule has 32 heavy (non-hydrogen) atoms. The van der Waals surface area contributed by atoms with Crippen LogP contribution in [0, 0.1) is 0 Å². The largest absolute Gasteiger partial charge is 0.379 e. The molecule has 6 nitrogen and oxygen atoms in total. The van der Waals surface area contributed by atoms with Gasteiger partial charge in [0, 0.05) is 52.4 Å². The van der Waals surface area contributed by atoms with Gasteiger partial charge in [0.25, 0.3) is 0 Å². The van der Waals surface area contributed by atoms with Gasteiger partial charge in [-0.1, -0.05) is 60.7 Å². The van der Waals surface area contributed by atoms with E-state index in [1.807, 2.05) is 4.90 Å². The number of nitrogens with zero attached hydrogens (tertiary/aromatic N) is 4. The first-order valence-corrected chi connectivity index (χ1v) is 11.8. The Labute approximate surface area is 192 Å². The van der Waals surface area contributed by atoms with Crippen LogP contribution in [0.4, 0.5) is 0 Å². The normalized spacial score (nSPS) is 18.4. The smallest absolute Gasteiger partial charge is 0.236 e. The van der Waals surface area contributed by atoms with E-state index in [4.69, 9.17) is 4.74 Å². The quantitative estimate of drug-likeness (QED) is 0.634. The number of hydrogen-bond acceptors (Lipinski definition) is 5. The third-order valence-corrected chi connectivity index (χ3v) is 6.57. The van der Waals surface area contributed by atoms with Crippen molar-refractivity contribution < 1.29 is 9.53 Å². The molecule has 0 unspecified atom stereocenters. The summed E-state index contributed by atoms with van der Waals surface area (Å²) in [5, 5.41) is 0. The van der Waals surface area contributed by atoms with Crippen molar-refractivity contribution in [2.45, 2.75) is 6.04 Å². The van der Waals surface area contributed by atoms with Gasteiger partial charge in [0.2, 0.25) is 5.91 Å². The Morgan fingerprint density at radius 3 is 2.00 bits per heavy atom. The summed E-state index contributed by atoms with van der Waals surface area (Å²) in [6.07, 6.45) is 0. The molecule has 2 aromatic carbocycles. The number of ether oxygens (including phenoxy) is 1. The Kier molecular flexibility index (Phi) is 8.29. The summed E-state index contributed by atoms with van der Waals surface area (Å²) in [6.45, 7) is 9.37. The number of likely N-dealkylation sites (N-methyl/N-ethyl adjacent to an activating group) is 1. The molecule has 2 saturated heterocycles. The predicted molar refractivity (Wildman–Crippen MR) is 128 cm³/mol. The number of rotatable bonds is 8. The van der Waals surface area contributed by atoms with Crippen molar-refractivity contribution in [1.82, 2.24) is 19.6 Å². The zero-order chi connectivity index (χ0) is 22.2. The summed E-state index contributed by atoms with van der Waals surface area (Å²) in [5.74, 6) is 0.241. The molecule has 0 aromatic heterocycles. The molecule has 0 saturated carbocycles. The second-order valence-corrected chi connectivity index (χ2v) is 8.83. The Morgan fingerprint density at radius 1 is 0.875 bits per heavy atom.